The number of amides is 2. The van der Waals surface area contributed by atoms with Crippen molar-refractivity contribution in [2.75, 3.05) is 59.8 Å². The van der Waals surface area contributed by atoms with E-state index < -0.39 is 0 Å². The van der Waals surface area contributed by atoms with Gasteiger partial charge in [0.1, 0.15) is 24.1 Å². The Hall–Kier alpha value is -5.50. The van der Waals surface area contributed by atoms with Gasteiger partial charge in [0.2, 0.25) is 17.8 Å². The quantitative estimate of drug-likeness (QED) is 0.215. The molecule has 2 aromatic heterocycles. The Kier molecular flexibility index (Phi) is 9.74. The molecule has 302 valence electrons. The van der Waals surface area contributed by atoms with Gasteiger partial charge in [-0.2, -0.15) is 0 Å². The molecule has 14 nitrogen and oxygen atoms in total. The number of imide groups is 1. The summed E-state index contributed by atoms with van der Waals surface area (Å²) in [5.41, 5.74) is 12.0. The molecule has 1 saturated carbocycles. The number of nitrogens with one attached hydrogen (secondary N) is 1. The maximum Gasteiger partial charge on any atom is 0.249 e. The summed E-state index contributed by atoms with van der Waals surface area (Å²) in [7, 11) is 0. The molecule has 6 aliphatic rings. The number of piperazine rings is 1. The van der Waals surface area contributed by atoms with Crippen molar-refractivity contribution in [2.24, 2.45) is 0 Å². The number of ether oxygens (including phenoxy) is 1. The second-order valence-corrected chi connectivity index (χ2v) is 17.1. The molecule has 2 aromatic carbocycles. The molecule has 14 heteroatoms. The Morgan fingerprint density at radius 3 is 2.26 bits per heavy atom. The first-order chi connectivity index (χ1) is 28.4. The number of phenols is 1. The molecule has 7 heterocycles. The second kappa shape index (κ2) is 15.3. The number of phenolic OH excluding ortho intramolecular Hbond substituents is 1. The highest BCUT2D eigenvalue weighted by Gasteiger charge is 2.42. The lowest BCUT2D eigenvalue weighted by Gasteiger charge is -2.42. The molecule has 3 atom stereocenters. The van der Waals surface area contributed by atoms with Crippen LogP contribution < -0.4 is 30.5 Å². The first-order valence-electron chi connectivity index (χ1n) is 21.2. The van der Waals surface area contributed by atoms with Crippen LogP contribution in [0.15, 0.2) is 60.9 Å². The van der Waals surface area contributed by atoms with Gasteiger partial charge < -0.3 is 35.2 Å². The largest absolute Gasteiger partial charge is 0.507 e. The number of fused-ring (bicyclic) bond motifs is 3. The summed E-state index contributed by atoms with van der Waals surface area (Å²) >= 11 is 0. The molecule has 4 saturated heterocycles. The third-order valence-corrected chi connectivity index (χ3v) is 13.8. The Morgan fingerprint density at radius 1 is 0.776 bits per heavy atom. The van der Waals surface area contributed by atoms with Crippen LogP contribution in [0.4, 0.5) is 23.1 Å². The predicted octanol–water partition coefficient (Wildman–Crippen LogP) is 4.99. The zero-order valence-electron chi connectivity index (χ0n) is 32.9. The van der Waals surface area contributed by atoms with Crippen molar-refractivity contribution in [3.63, 3.8) is 0 Å². The van der Waals surface area contributed by atoms with Crippen LogP contribution in [0.5, 0.6) is 11.5 Å². The normalized spacial score (nSPS) is 26.6. The van der Waals surface area contributed by atoms with Gasteiger partial charge in [0.15, 0.2) is 5.82 Å². The number of aromatic hydroxyl groups is 1. The van der Waals surface area contributed by atoms with Crippen molar-refractivity contribution in [2.45, 2.75) is 100 Å². The smallest absolute Gasteiger partial charge is 0.249 e. The minimum atomic E-state index is -0.332. The van der Waals surface area contributed by atoms with E-state index >= 15 is 0 Å². The molecule has 5 aliphatic heterocycles. The number of para-hydroxylation sites is 2. The van der Waals surface area contributed by atoms with Crippen molar-refractivity contribution < 1.29 is 19.4 Å². The van der Waals surface area contributed by atoms with Gasteiger partial charge in [-0.15, -0.1) is 10.2 Å². The minimum absolute atomic E-state index is 0.170. The number of hydrogen-bond donors (Lipinski definition) is 3. The number of piperidine rings is 2. The average molecular weight is 785 g/mol. The van der Waals surface area contributed by atoms with Gasteiger partial charge >= 0.3 is 0 Å². The molecule has 2 amide bonds. The molecule has 4 aromatic rings. The highest BCUT2D eigenvalue weighted by atomic mass is 16.5. The number of rotatable bonds is 7. The third kappa shape index (κ3) is 6.84. The summed E-state index contributed by atoms with van der Waals surface area (Å²) in [6.45, 7) is 4.97. The van der Waals surface area contributed by atoms with E-state index in [1.165, 1.54) is 24.0 Å². The molecule has 5 fully saturated rings. The summed E-state index contributed by atoms with van der Waals surface area (Å²) in [6, 6.07) is 16.3. The van der Waals surface area contributed by atoms with Crippen molar-refractivity contribution in [3.8, 4) is 22.8 Å². The molecule has 2 bridgehead atoms. The number of aromatic nitrogens is 4. The van der Waals surface area contributed by atoms with E-state index in [-0.39, 0.29) is 35.7 Å². The van der Waals surface area contributed by atoms with Crippen LogP contribution in [0.2, 0.25) is 0 Å². The number of nitrogen functional groups attached to an aromatic ring is 1. The van der Waals surface area contributed by atoms with Gasteiger partial charge in [0, 0.05) is 55.6 Å². The number of hydrogen-bond acceptors (Lipinski definition) is 13. The zero-order valence-corrected chi connectivity index (χ0v) is 32.9. The molecule has 10 rings (SSSR count). The maximum atomic E-state index is 12.7. The van der Waals surface area contributed by atoms with E-state index in [4.69, 9.17) is 20.4 Å². The van der Waals surface area contributed by atoms with E-state index in [1.807, 2.05) is 18.2 Å². The summed E-state index contributed by atoms with van der Waals surface area (Å²) < 4.78 is 6.30. The average Bonchev–Trinajstić information content (AvgIpc) is 3.52. The molecular formula is C44H52N10O4. The SMILES string of the molecule is Nc1nnc(-c2ccccc2O)cc1N1C[C@H]2CC[C@@H](C1)N2c1ncc(C2CCN(C3CCC(c4cccc5c4OCCN5C4CCC(=O)NC4=O)CC3)CC2)cn1. The molecule has 0 spiro atoms. The molecular weight excluding hydrogens is 733 g/mol. The fraction of sp³-hybridized carbons (Fsp3) is 0.500. The van der Waals surface area contributed by atoms with Crippen LogP contribution >= 0.6 is 0 Å². The van der Waals surface area contributed by atoms with Gasteiger partial charge in [0.25, 0.3) is 0 Å². The summed E-state index contributed by atoms with van der Waals surface area (Å²) in [5.74, 6) is 2.83. The predicted molar refractivity (Wildman–Crippen MR) is 221 cm³/mol. The number of likely N-dealkylation sites (tertiary alicyclic amines) is 1. The standard InChI is InChI=1S/C44H52N10O4/c45-42-38(22-35(49-50-42)34-4-1-2-7-39(34)55)52-25-31-12-13-32(26-52)54(31)44-46-23-29(24-47-44)27-16-18-51(19-17-27)30-10-8-28(9-11-30)33-5-3-6-36-41(33)58-21-20-53(36)37-14-15-40(56)48-43(37)57/h1-7,22-24,27-28,30-32,37,55H,8-21,25-26H2,(H2,45,50)(H,48,56,57)/t28?,30?,31-,32+,37?. The number of carbonyl (C=O) groups excluding carboxylic acids is 2. The van der Waals surface area contributed by atoms with Crippen molar-refractivity contribution in [1.82, 2.24) is 30.4 Å². The Bertz CT molecular complexity index is 2160. The zero-order chi connectivity index (χ0) is 39.3. The number of benzene rings is 2. The first kappa shape index (κ1) is 36.8. The highest BCUT2D eigenvalue weighted by Crippen LogP contribution is 2.46. The monoisotopic (exact) mass is 784 g/mol. The van der Waals surface area contributed by atoms with Gasteiger partial charge in [-0.1, -0.05) is 24.3 Å². The van der Waals surface area contributed by atoms with Gasteiger partial charge in [-0.05, 0) is 118 Å². The summed E-state index contributed by atoms with van der Waals surface area (Å²) in [6.07, 6.45) is 14.0. The van der Waals surface area contributed by atoms with Gasteiger partial charge in [-0.25, -0.2) is 9.97 Å². The lowest BCUT2D eigenvalue weighted by molar-refractivity contribution is -0.134. The highest BCUT2D eigenvalue weighted by molar-refractivity contribution is 6.02. The van der Waals surface area contributed by atoms with Gasteiger partial charge in [0.05, 0.1) is 23.6 Å². The number of carbonyl (C=O) groups is 2. The lowest BCUT2D eigenvalue weighted by atomic mass is 9.79. The molecule has 0 radical (unpaired) electrons. The van der Waals surface area contributed by atoms with Gasteiger partial charge in [-0.3, -0.25) is 14.9 Å². The molecule has 1 aliphatic carbocycles. The third-order valence-electron chi connectivity index (χ3n) is 13.8. The number of nitrogens with zero attached hydrogens (tertiary/aromatic N) is 8. The fourth-order valence-electron chi connectivity index (χ4n) is 10.8. The Morgan fingerprint density at radius 2 is 1.52 bits per heavy atom. The van der Waals surface area contributed by atoms with E-state index in [0.717, 1.165) is 87.8 Å². The Labute approximate surface area is 338 Å². The molecule has 58 heavy (non-hydrogen) atoms. The lowest BCUT2D eigenvalue weighted by Crippen LogP contribution is -2.54. The van der Waals surface area contributed by atoms with Crippen LogP contribution in [0.3, 0.4) is 0 Å². The summed E-state index contributed by atoms with van der Waals surface area (Å²) in [4.78, 5) is 44.1. The van der Waals surface area contributed by atoms with Crippen LogP contribution in [0.1, 0.15) is 87.2 Å². The van der Waals surface area contributed by atoms with Crippen LogP contribution in [-0.2, 0) is 9.59 Å². The van der Waals surface area contributed by atoms with Crippen molar-refractivity contribution >= 4 is 35.0 Å². The number of nitrogens with two attached hydrogens (primary N) is 1. The van der Waals surface area contributed by atoms with E-state index in [9.17, 15) is 14.7 Å². The fourth-order valence-corrected chi connectivity index (χ4v) is 10.8. The first-order valence-corrected chi connectivity index (χ1v) is 21.2. The number of anilines is 4. The van der Waals surface area contributed by atoms with E-state index in [0.29, 0.717) is 60.9 Å². The summed E-state index contributed by atoms with van der Waals surface area (Å²) in [5, 5.41) is 21.5. The van der Waals surface area contributed by atoms with Crippen LogP contribution in [0, 0.1) is 0 Å². The Balaban J connectivity index is 0.733. The maximum absolute atomic E-state index is 12.7. The topological polar surface area (TPSA) is 166 Å². The van der Waals surface area contributed by atoms with Crippen LogP contribution in [0.25, 0.3) is 11.3 Å². The van der Waals surface area contributed by atoms with E-state index in [2.05, 4.69) is 65.7 Å². The van der Waals surface area contributed by atoms with Crippen LogP contribution in [-0.4, -0.2) is 105 Å². The molecule has 1 unspecified atom stereocenters. The van der Waals surface area contributed by atoms with E-state index in [1.54, 1.807) is 12.1 Å². The second-order valence-electron chi connectivity index (χ2n) is 17.1. The van der Waals surface area contributed by atoms with Crippen molar-refractivity contribution in [3.05, 3.63) is 72.1 Å². The minimum Gasteiger partial charge on any atom is -0.507 e. The molecule has 4 N–H and O–H groups in total. The van der Waals surface area contributed by atoms with Crippen molar-refractivity contribution in [1.29, 1.82) is 0 Å².